The molecule has 4 nitrogen and oxygen atoms in total. The van der Waals surface area contributed by atoms with Gasteiger partial charge in [-0.2, -0.15) is 0 Å². The molecule has 1 unspecified atom stereocenters. The molecule has 14 heavy (non-hydrogen) atoms. The zero-order valence-corrected chi connectivity index (χ0v) is 9.12. The van der Waals surface area contributed by atoms with Crippen molar-refractivity contribution in [1.82, 2.24) is 9.97 Å². The third-order valence-corrected chi connectivity index (χ3v) is 2.63. The smallest absolute Gasteiger partial charge is 0.116 e. The van der Waals surface area contributed by atoms with Crippen LogP contribution in [0, 0.1) is 6.92 Å². The lowest BCUT2D eigenvalue weighted by Gasteiger charge is -2.07. The largest absolute Gasteiger partial charge is 0.390 e. The highest BCUT2D eigenvalue weighted by atomic mass is 32.2. The fraction of sp³-hybridized carbons (Fsp3) is 0.556. The van der Waals surface area contributed by atoms with Crippen LogP contribution in [0.25, 0.3) is 0 Å². The van der Waals surface area contributed by atoms with Crippen molar-refractivity contribution in [3.8, 4) is 0 Å². The van der Waals surface area contributed by atoms with Crippen molar-refractivity contribution in [2.75, 3.05) is 19.5 Å². The van der Waals surface area contributed by atoms with Crippen LogP contribution < -0.4 is 0 Å². The van der Waals surface area contributed by atoms with Crippen LogP contribution >= 0.6 is 11.8 Å². The maximum Gasteiger partial charge on any atom is 0.116 e. The molecule has 0 aromatic carbocycles. The summed E-state index contributed by atoms with van der Waals surface area (Å²) in [6.07, 6.45) is 1.08. The SMILES string of the molecule is COCC(O)CSc1cc(C)ncn1. The molecule has 0 aliphatic heterocycles. The Morgan fingerprint density at radius 2 is 2.36 bits per heavy atom. The molecule has 1 N–H and O–H groups in total. The predicted octanol–water partition coefficient (Wildman–Crippen LogP) is 0.884. The summed E-state index contributed by atoms with van der Waals surface area (Å²) in [6.45, 7) is 2.27. The Hall–Kier alpha value is -0.650. The van der Waals surface area contributed by atoms with E-state index in [0.29, 0.717) is 12.4 Å². The molecule has 1 aromatic heterocycles. The number of thioether (sulfide) groups is 1. The molecule has 5 heteroatoms. The van der Waals surface area contributed by atoms with Crippen molar-refractivity contribution in [2.24, 2.45) is 0 Å². The van der Waals surface area contributed by atoms with Crippen LogP contribution in [0.15, 0.2) is 17.4 Å². The Bertz CT molecular complexity index is 283. The lowest BCUT2D eigenvalue weighted by atomic mass is 10.4. The molecule has 1 heterocycles. The summed E-state index contributed by atoms with van der Waals surface area (Å²) in [6, 6.07) is 1.89. The van der Waals surface area contributed by atoms with Crippen LogP contribution in [0.3, 0.4) is 0 Å². The molecular weight excluding hydrogens is 200 g/mol. The monoisotopic (exact) mass is 214 g/mol. The van der Waals surface area contributed by atoms with Gasteiger partial charge in [0.2, 0.25) is 0 Å². The number of hydrogen-bond acceptors (Lipinski definition) is 5. The van der Waals surface area contributed by atoms with Gasteiger partial charge in [-0.1, -0.05) is 0 Å². The van der Waals surface area contributed by atoms with Crippen LogP contribution in [-0.4, -0.2) is 40.6 Å². The zero-order valence-electron chi connectivity index (χ0n) is 8.30. The summed E-state index contributed by atoms with van der Waals surface area (Å²) >= 11 is 1.50. The Kier molecular flexibility index (Phi) is 4.86. The summed E-state index contributed by atoms with van der Waals surface area (Å²) in [7, 11) is 1.57. The Labute approximate surface area is 87.7 Å². The number of rotatable bonds is 5. The highest BCUT2D eigenvalue weighted by molar-refractivity contribution is 7.99. The molecule has 1 atom stereocenters. The van der Waals surface area contributed by atoms with E-state index >= 15 is 0 Å². The summed E-state index contributed by atoms with van der Waals surface area (Å²) in [5.74, 6) is 0.588. The molecule has 78 valence electrons. The summed E-state index contributed by atoms with van der Waals surface area (Å²) < 4.78 is 4.82. The first-order valence-corrected chi connectivity index (χ1v) is 5.29. The quantitative estimate of drug-likeness (QED) is 0.582. The number of aliphatic hydroxyl groups excluding tert-OH is 1. The van der Waals surface area contributed by atoms with Gasteiger partial charge in [-0.25, -0.2) is 9.97 Å². The maximum atomic E-state index is 9.39. The van der Waals surface area contributed by atoms with Crippen LogP contribution in [0.1, 0.15) is 5.69 Å². The predicted molar refractivity (Wildman–Crippen MR) is 55.4 cm³/mol. The number of aliphatic hydroxyl groups is 1. The van der Waals surface area contributed by atoms with Gasteiger partial charge in [-0.15, -0.1) is 11.8 Å². The lowest BCUT2D eigenvalue weighted by molar-refractivity contribution is 0.0794. The van der Waals surface area contributed by atoms with Crippen LogP contribution in [0.5, 0.6) is 0 Å². The number of methoxy groups -OCH3 is 1. The maximum absolute atomic E-state index is 9.39. The van der Waals surface area contributed by atoms with Crippen molar-refractivity contribution in [2.45, 2.75) is 18.1 Å². The molecular formula is C9H14N2O2S. The van der Waals surface area contributed by atoms with E-state index in [4.69, 9.17) is 4.74 Å². The van der Waals surface area contributed by atoms with Gasteiger partial charge >= 0.3 is 0 Å². The molecule has 0 saturated heterocycles. The highest BCUT2D eigenvalue weighted by Crippen LogP contribution is 2.15. The van der Waals surface area contributed by atoms with Gasteiger partial charge in [-0.3, -0.25) is 0 Å². The van der Waals surface area contributed by atoms with Gasteiger partial charge in [0.05, 0.1) is 17.7 Å². The Balaban J connectivity index is 2.37. The van der Waals surface area contributed by atoms with Crippen LogP contribution in [0.4, 0.5) is 0 Å². The van der Waals surface area contributed by atoms with Crippen molar-refractivity contribution in [3.63, 3.8) is 0 Å². The van der Waals surface area contributed by atoms with Crippen molar-refractivity contribution in [1.29, 1.82) is 0 Å². The first-order chi connectivity index (χ1) is 6.72. The van der Waals surface area contributed by atoms with Crippen molar-refractivity contribution in [3.05, 3.63) is 18.1 Å². The number of aryl methyl sites for hydroxylation is 1. The Morgan fingerprint density at radius 3 is 3.00 bits per heavy atom. The molecule has 0 radical (unpaired) electrons. The standard InChI is InChI=1S/C9H14N2O2S/c1-7-3-9(11-6-10-7)14-5-8(12)4-13-2/h3,6,8,12H,4-5H2,1-2H3. The molecule has 0 saturated carbocycles. The van der Waals surface area contributed by atoms with E-state index in [9.17, 15) is 5.11 Å². The number of hydrogen-bond donors (Lipinski definition) is 1. The third-order valence-electron chi connectivity index (χ3n) is 1.56. The van der Waals surface area contributed by atoms with E-state index in [-0.39, 0.29) is 0 Å². The number of ether oxygens (including phenoxy) is 1. The first kappa shape index (κ1) is 11.4. The van der Waals surface area contributed by atoms with E-state index in [2.05, 4.69) is 9.97 Å². The number of aromatic nitrogens is 2. The van der Waals surface area contributed by atoms with Gasteiger partial charge in [0.1, 0.15) is 6.33 Å². The van der Waals surface area contributed by atoms with Gasteiger partial charge < -0.3 is 9.84 Å². The van der Waals surface area contributed by atoms with E-state index in [1.165, 1.54) is 18.1 Å². The van der Waals surface area contributed by atoms with E-state index < -0.39 is 6.10 Å². The molecule has 1 rings (SSSR count). The minimum atomic E-state index is -0.444. The minimum Gasteiger partial charge on any atom is -0.390 e. The number of nitrogens with zero attached hydrogens (tertiary/aromatic N) is 2. The zero-order chi connectivity index (χ0) is 10.4. The average Bonchev–Trinajstić information content (AvgIpc) is 2.15. The molecule has 0 spiro atoms. The minimum absolute atomic E-state index is 0.358. The fourth-order valence-corrected chi connectivity index (χ4v) is 1.77. The molecule has 1 aromatic rings. The summed E-state index contributed by atoms with van der Waals surface area (Å²) in [4.78, 5) is 8.06. The summed E-state index contributed by atoms with van der Waals surface area (Å²) in [5, 5.41) is 10.3. The third kappa shape index (κ3) is 4.04. The second-order valence-electron chi connectivity index (χ2n) is 2.92. The van der Waals surface area contributed by atoms with Gasteiger partial charge in [0, 0.05) is 18.6 Å². The van der Waals surface area contributed by atoms with Gasteiger partial charge in [0.15, 0.2) is 0 Å². The molecule has 0 fully saturated rings. The molecule has 0 amide bonds. The molecule has 0 aliphatic rings. The molecule has 0 bridgehead atoms. The Morgan fingerprint density at radius 1 is 1.57 bits per heavy atom. The van der Waals surface area contributed by atoms with E-state index in [1.807, 2.05) is 13.0 Å². The lowest BCUT2D eigenvalue weighted by Crippen LogP contribution is -2.16. The van der Waals surface area contributed by atoms with E-state index in [1.54, 1.807) is 7.11 Å². The van der Waals surface area contributed by atoms with Crippen molar-refractivity contribution >= 4 is 11.8 Å². The second-order valence-corrected chi connectivity index (χ2v) is 3.96. The fourth-order valence-electron chi connectivity index (χ4n) is 0.931. The summed E-state index contributed by atoms with van der Waals surface area (Å²) in [5.41, 5.74) is 0.934. The molecule has 0 aliphatic carbocycles. The van der Waals surface area contributed by atoms with Gasteiger partial charge in [-0.05, 0) is 13.0 Å². The average molecular weight is 214 g/mol. The van der Waals surface area contributed by atoms with Crippen molar-refractivity contribution < 1.29 is 9.84 Å². The van der Waals surface area contributed by atoms with Crippen LogP contribution in [0.2, 0.25) is 0 Å². The topological polar surface area (TPSA) is 55.2 Å². The van der Waals surface area contributed by atoms with Gasteiger partial charge in [0.25, 0.3) is 0 Å². The second kappa shape index (κ2) is 5.95. The first-order valence-electron chi connectivity index (χ1n) is 4.31. The van der Waals surface area contributed by atoms with E-state index in [0.717, 1.165) is 10.7 Å². The highest BCUT2D eigenvalue weighted by Gasteiger charge is 2.05. The van der Waals surface area contributed by atoms with Crippen LogP contribution in [-0.2, 0) is 4.74 Å². The normalized spacial score (nSPS) is 12.8.